The summed E-state index contributed by atoms with van der Waals surface area (Å²) in [5, 5.41) is 0. The fourth-order valence-corrected chi connectivity index (χ4v) is 1.48. The second kappa shape index (κ2) is 6.13. The number of alkyl halides is 2. The van der Waals surface area contributed by atoms with Gasteiger partial charge < -0.3 is 15.2 Å². The van der Waals surface area contributed by atoms with Crippen LogP contribution in [0.5, 0.6) is 5.75 Å². The SMILES string of the molecule is CCOC(=O)Cc1c(N)cnc(C(F)F)c1OC. The molecule has 0 aliphatic heterocycles. The summed E-state index contributed by atoms with van der Waals surface area (Å²) in [6, 6.07) is 0. The fourth-order valence-electron chi connectivity index (χ4n) is 1.48. The number of nitrogens with zero attached hydrogens (tertiary/aromatic N) is 1. The first-order chi connectivity index (χ1) is 8.51. The molecular formula is C11H14F2N2O3. The maximum Gasteiger partial charge on any atom is 0.310 e. The van der Waals surface area contributed by atoms with Gasteiger partial charge >= 0.3 is 5.97 Å². The van der Waals surface area contributed by atoms with Crippen molar-refractivity contribution in [2.45, 2.75) is 19.8 Å². The molecule has 1 aromatic heterocycles. The Morgan fingerprint density at radius 3 is 2.72 bits per heavy atom. The van der Waals surface area contributed by atoms with Crippen molar-refractivity contribution in [3.8, 4) is 5.75 Å². The van der Waals surface area contributed by atoms with E-state index in [0.29, 0.717) is 0 Å². The zero-order chi connectivity index (χ0) is 13.7. The predicted molar refractivity (Wildman–Crippen MR) is 60.5 cm³/mol. The molecule has 5 nitrogen and oxygen atoms in total. The van der Waals surface area contributed by atoms with E-state index in [-0.39, 0.29) is 30.0 Å². The largest absolute Gasteiger partial charge is 0.494 e. The lowest BCUT2D eigenvalue weighted by molar-refractivity contribution is -0.142. The Bertz CT molecular complexity index is 439. The first-order valence-electron chi connectivity index (χ1n) is 5.26. The van der Waals surface area contributed by atoms with E-state index in [4.69, 9.17) is 15.2 Å². The van der Waals surface area contributed by atoms with Crippen LogP contribution in [0.15, 0.2) is 6.20 Å². The molecular weight excluding hydrogens is 246 g/mol. The van der Waals surface area contributed by atoms with Crippen molar-refractivity contribution >= 4 is 11.7 Å². The van der Waals surface area contributed by atoms with E-state index < -0.39 is 18.1 Å². The molecule has 0 amide bonds. The summed E-state index contributed by atoms with van der Waals surface area (Å²) >= 11 is 0. The quantitative estimate of drug-likeness (QED) is 0.816. The number of pyridine rings is 1. The lowest BCUT2D eigenvalue weighted by Crippen LogP contribution is -2.12. The Balaban J connectivity index is 3.15. The standard InChI is InChI=1S/C11H14F2N2O3/c1-3-18-8(16)4-6-7(14)5-15-9(11(12)13)10(6)17-2/h5,11H,3-4,14H2,1-2H3. The number of aromatic nitrogens is 1. The Morgan fingerprint density at radius 1 is 1.56 bits per heavy atom. The van der Waals surface area contributed by atoms with E-state index in [9.17, 15) is 13.6 Å². The topological polar surface area (TPSA) is 74.4 Å². The lowest BCUT2D eigenvalue weighted by Gasteiger charge is -2.14. The van der Waals surface area contributed by atoms with Crippen LogP contribution in [0.1, 0.15) is 24.6 Å². The zero-order valence-electron chi connectivity index (χ0n) is 10.1. The van der Waals surface area contributed by atoms with Gasteiger partial charge in [-0.1, -0.05) is 0 Å². The molecule has 0 saturated heterocycles. The number of halogens is 2. The van der Waals surface area contributed by atoms with Crippen LogP contribution in [0.25, 0.3) is 0 Å². The highest BCUT2D eigenvalue weighted by molar-refractivity contribution is 5.76. The number of hydrogen-bond donors (Lipinski definition) is 1. The van der Waals surface area contributed by atoms with E-state index in [1.54, 1.807) is 6.92 Å². The van der Waals surface area contributed by atoms with Gasteiger partial charge in [0.05, 0.1) is 32.0 Å². The second-order valence-electron chi connectivity index (χ2n) is 3.39. The number of carbonyl (C=O) groups excluding carboxylic acids is 1. The van der Waals surface area contributed by atoms with Crippen LogP contribution in [0.4, 0.5) is 14.5 Å². The summed E-state index contributed by atoms with van der Waals surface area (Å²) in [4.78, 5) is 14.9. The van der Waals surface area contributed by atoms with Gasteiger partial charge in [-0.05, 0) is 6.92 Å². The molecule has 2 N–H and O–H groups in total. The van der Waals surface area contributed by atoms with Crippen LogP contribution >= 0.6 is 0 Å². The Hall–Kier alpha value is -1.92. The van der Waals surface area contributed by atoms with E-state index in [1.165, 1.54) is 7.11 Å². The van der Waals surface area contributed by atoms with Gasteiger partial charge in [0.2, 0.25) is 0 Å². The highest BCUT2D eigenvalue weighted by atomic mass is 19.3. The van der Waals surface area contributed by atoms with Gasteiger partial charge in [0.1, 0.15) is 5.69 Å². The van der Waals surface area contributed by atoms with E-state index >= 15 is 0 Å². The van der Waals surface area contributed by atoms with Crippen molar-refractivity contribution in [2.24, 2.45) is 0 Å². The normalized spacial score (nSPS) is 10.5. The van der Waals surface area contributed by atoms with E-state index in [2.05, 4.69) is 4.98 Å². The fraction of sp³-hybridized carbons (Fsp3) is 0.455. The van der Waals surface area contributed by atoms with Gasteiger partial charge in [-0.15, -0.1) is 0 Å². The number of hydrogen-bond acceptors (Lipinski definition) is 5. The predicted octanol–water partition coefficient (Wildman–Crippen LogP) is 1.72. The Labute approximate surface area is 103 Å². The summed E-state index contributed by atoms with van der Waals surface area (Å²) in [6.07, 6.45) is -1.95. The molecule has 0 fully saturated rings. The molecule has 100 valence electrons. The van der Waals surface area contributed by atoms with E-state index in [0.717, 1.165) is 6.20 Å². The number of methoxy groups -OCH3 is 1. The number of esters is 1. The van der Waals surface area contributed by atoms with Gasteiger partial charge in [0, 0.05) is 5.56 Å². The zero-order valence-corrected chi connectivity index (χ0v) is 10.1. The number of anilines is 1. The third-order valence-electron chi connectivity index (χ3n) is 2.24. The highest BCUT2D eigenvalue weighted by Gasteiger charge is 2.22. The molecule has 7 heteroatoms. The number of nitrogens with two attached hydrogens (primary N) is 1. The molecule has 0 radical (unpaired) electrons. The number of nitrogen functional groups attached to an aromatic ring is 1. The van der Waals surface area contributed by atoms with Crippen LogP contribution in [0.2, 0.25) is 0 Å². The van der Waals surface area contributed by atoms with Gasteiger partial charge in [-0.25, -0.2) is 13.8 Å². The molecule has 0 saturated carbocycles. The van der Waals surface area contributed by atoms with Gasteiger partial charge in [-0.3, -0.25) is 4.79 Å². The van der Waals surface area contributed by atoms with Gasteiger partial charge in [0.25, 0.3) is 6.43 Å². The smallest absolute Gasteiger partial charge is 0.310 e. The van der Waals surface area contributed by atoms with Gasteiger partial charge in [-0.2, -0.15) is 0 Å². The number of carbonyl (C=O) groups is 1. The van der Waals surface area contributed by atoms with Crippen molar-refractivity contribution in [3.05, 3.63) is 17.5 Å². The highest BCUT2D eigenvalue weighted by Crippen LogP contribution is 2.33. The molecule has 0 bridgehead atoms. The average molecular weight is 260 g/mol. The average Bonchev–Trinajstić information content (AvgIpc) is 2.31. The number of ether oxygens (including phenoxy) is 2. The lowest BCUT2D eigenvalue weighted by atomic mass is 10.1. The first-order valence-corrected chi connectivity index (χ1v) is 5.26. The van der Waals surface area contributed by atoms with Gasteiger partial charge in [0.15, 0.2) is 5.75 Å². The minimum absolute atomic E-state index is 0.115. The molecule has 18 heavy (non-hydrogen) atoms. The molecule has 0 spiro atoms. The Morgan fingerprint density at radius 2 is 2.22 bits per heavy atom. The molecule has 1 rings (SSSR count). The monoisotopic (exact) mass is 260 g/mol. The summed E-state index contributed by atoms with van der Waals surface area (Å²) in [5.74, 6) is -0.730. The molecule has 0 aliphatic carbocycles. The molecule has 0 atom stereocenters. The van der Waals surface area contributed by atoms with Crippen LogP contribution in [0, 0.1) is 0 Å². The molecule has 0 unspecified atom stereocenters. The summed E-state index contributed by atoms with van der Waals surface area (Å²) in [6.45, 7) is 1.85. The van der Waals surface area contributed by atoms with Crippen molar-refractivity contribution in [1.82, 2.24) is 4.98 Å². The molecule has 0 aliphatic rings. The third kappa shape index (κ3) is 3.06. The van der Waals surface area contributed by atoms with Crippen LogP contribution in [0.3, 0.4) is 0 Å². The summed E-state index contributed by atoms with van der Waals surface area (Å²) in [7, 11) is 1.22. The minimum atomic E-state index is -2.80. The van der Waals surface area contributed by atoms with Crippen molar-refractivity contribution in [3.63, 3.8) is 0 Å². The van der Waals surface area contributed by atoms with Crippen molar-refractivity contribution < 1.29 is 23.0 Å². The summed E-state index contributed by atoms with van der Waals surface area (Å²) in [5.41, 5.74) is 5.36. The maximum absolute atomic E-state index is 12.7. The van der Waals surface area contributed by atoms with Crippen LogP contribution in [-0.4, -0.2) is 24.7 Å². The third-order valence-corrected chi connectivity index (χ3v) is 2.24. The molecule has 1 heterocycles. The van der Waals surface area contributed by atoms with Crippen LogP contribution < -0.4 is 10.5 Å². The first kappa shape index (κ1) is 14.1. The van der Waals surface area contributed by atoms with Crippen LogP contribution in [-0.2, 0) is 16.0 Å². The minimum Gasteiger partial charge on any atom is -0.494 e. The second-order valence-corrected chi connectivity index (χ2v) is 3.39. The maximum atomic E-state index is 12.7. The molecule has 1 aromatic rings. The van der Waals surface area contributed by atoms with Crippen molar-refractivity contribution in [2.75, 3.05) is 19.5 Å². The van der Waals surface area contributed by atoms with E-state index in [1.807, 2.05) is 0 Å². The van der Waals surface area contributed by atoms with Crippen molar-refractivity contribution in [1.29, 1.82) is 0 Å². The number of rotatable bonds is 5. The Kier molecular flexibility index (Phi) is 4.82. The summed E-state index contributed by atoms with van der Waals surface area (Å²) < 4.78 is 35.0. The molecule has 0 aromatic carbocycles.